The average molecular weight is 340 g/mol. The van der Waals surface area contributed by atoms with Crippen molar-refractivity contribution in [3.8, 4) is 0 Å². The Morgan fingerprint density at radius 1 is 1.33 bits per heavy atom. The number of hydrogen-bond acceptors (Lipinski definition) is 6. The molecule has 0 fully saturated rings. The summed E-state index contributed by atoms with van der Waals surface area (Å²) in [6.45, 7) is 4.84. The van der Waals surface area contributed by atoms with Gasteiger partial charge < -0.3 is 9.47 Å². The van der Waals surface area contributed by atoms with Crippen LogP contribution in [0.5, 0.6) is 0 Å². The molecule has 0 unspecified atom stereocenters. The molecule has 9 heteroatoms. The van der Waals surface area contributed by atoms with Crippen LogP contribution in [-0.4, -0.2) is 35.4 Å². The molecule has 0 heterocycles. The highest BCUT2D eigenvalue weighted by atomic mass is 19.1. The SMILES string of the molecule is COC(=O)C(Cc1ccc(F)cc1[N+](=O)[O-])=NC(=O)OC(C)(C)C. The number of aliphatic imine (C=N–C) groups is 1. The van der Waals surface area contributed by atoms with Gasteiger partial charge in [0, 0.05) is 12.0 Å². The van der Waals surface area contributed by atoms with Crippen LogP contribution in [0.1, 0.15) is 26.3 Å². The number of carbonyl (C=O) groups excluding carboxylic acids is 2. The lowest BCUT2D eigenvalue weighted by atomic mass is 10.1. The Bertz CT molecular complexity index is 694. The summed E-state index contributed by atoms with van der Waals surface area (Å²) in [5, 5.41) is 11.0. The molecule has 0 aliphatic rings. The van der Waals surface area contributed by atoms with E-state index in [1.807, 2.05) is 0 Å². The number of amides is 1. The van der Waals surface area contributed by atoms with Crippen LogP contribution < -0.4 is 0 Å². The fourth-order valence-corrected chi connectivity index (χ4v) is 1.71. The van der Waals surface area contributed by atoms with Gasteiger partial charge in [-0.25, -0.2) is 14.0 Å². The Kier molecular flexibility index (Phi) is 6.10. The van der Waals surface area contributed by atoms with E-state index in [0.29, 0.717) is 0 Å². The summed E-state index contributed by atoms with van der Waals surface area (Å²) in [6.07, 6.45) is -1.42. The molecule has 0 radical (unpaired) electrons. The second kappa shape index (κ2) is 7.62. The van der Waals surface area contributed by atoms with Gasteiger partial charge in [0.05, 0.1) is 18.1 Å². The quantitative estimate of drug-likeness (QED) is 0.361. The molecule has 1 aromatic rings. The molecular weight excluding hydrogens is 323 g/mol. The van der Waals surface area contributed by atoms with Gasteiger partial charge in [-0.1, -0.05) is 0 Å². The van der Waals surface area contributed by atoms with E-state index in [-0.39, 0.29) is 17.7 Å². The van der Waals surface area contributed by atoms with Gasteiger partial charge in [0.1, 0.15) is 17.1 Å². The molecule has 1 amide bonds. The van der Waals surface area contributed by atoms with E-state index >= 15 is 0 Å². The summed E-state index contributed by atoms with van der Waals surface area (Å²) in [7, 11) is 1.08. The molecular formula is C15H17FN2O6. The summed E-state index contributed by atoms with van der Waals surface area (Å²) >= 11 is 0. The maximum absolute atomic E-state index is 13.2. The van der Waals surface area contributed by atoms with Gasteiger partial charge in [0.25, 0.3) is 5.69 Å². The van der Waals surface area contributed by atoms with Crippen LogP contribution in [0, 0.1) is 15.9 Å². The van der Waals surface area contributed by atoms with Gasteiger partial charge in [-0.3, -0.25) is 10.1 Å². The van der Waals surface area contributed by atoms with E-state index in [9.17, 15) is 24.1 Å². The van der Waals surface area contributed by atoms with Crippen molar-refractivity contribution in [2.45, 2.75) is 32.8 Å². The molecule has 0 N–H and O–H groups in total. The normalized spacial score (nSPS) is 11.8. The van der Waals surface area contributed by atoms with Crippen molar-refractivity contribution < 1.29 is 28.4 Å². The first-order valence-corrected chi connectivity index (χ1v) is 6.85. The van der Waals surface area contributed by atoms with E-state index in [4.69, 9.17) is 4.74 Å². The first kappa shape index (κ1) is 19.2. The van der Waals surface area contributed by atoms with Crippen LogP contribution in [0.3, 0.4) is 0 Å². The minimum atomic E-state index is -1.03. The van der Waals surface area contributed by atoms with E-state index in [1.54, 1.807) is 20.8 Å². The van der Waals surface area contributed by atoms with Gasteiger partial charge in [-0.05, 0) is 32.9 Å². The lowest BCUT2D eigenvalue weighted by Crippen LogP contribution is -2.25. The van der Waals surface area contributed by atoms with Crippen molar-refractivity contribution in [3.05, 3.63) is 39.7 Å². The first-order chi connectivity index (χ1) is 11.0. The Hall–Kier alpha value is -2.84. The monoisotopic (exact) mass is 340 g/mol. The molecule has 0 bridgehead atoms. The largest absolute Gasteiger partial charge is 0.465 e. The highest BCUT2D eigenvalue weighted by Gasteiger charge is 2.23. The summed E-state index contributed by atoms with van der Waals surface area (Å²) in [5.41, 5.74) is -1.74. The lowest BCUT2D eigenvalue weighted by Gasteiger charge is -2.17. The van der Waals surface area contributed by atoms with E-state index in [0.717, 1.165) is 25.3 Å². The van der Waals surface area contributed by atoms with Gasteiger partial charge >= 0.3 is 12.1 Å². The number of nitro groups is 1. The van der Waals surface area contributed by atoms with Gasteiger partial charge in [0.2, 0.25) is 0 Å². The Morgan fingerprint density at radius 3 is 2.46 bits per heavy atom. The lowest BCUT2D eigenvalue weighted by molar-refractivity contribution is -0.385. The number of halogens is 1. The zero-order valence-electron chi connectivity index (χ0n) is 13.7. The Balaban J connectivity index is 3.19. The number of hydrogen-bond donors (Lipinski definition) is 0. The van der Waals surface area contributed by atoms with Crippen molar-refractivity contribution in [2.75, 3.05) is 7.11 Å². The molecule has 8 nitrogen and oxygen atoms in total. The molecule has 0 aliphatic carbocycles. The zero-order chi connectivity index (χ0) is 18.5. The maximum atomic E-state index is 13.2. The summed E-state index contributed by atoms with van der Waals surface area (Å²) in [6, 6.07) is 2.86. The number of methoxy groups -OCH3 is 1. The number of nitrogens with zero attached hydrogens (tertiary/aromatic N) is 2. The van der Waals surface area contributed by atoms with E-state index < -0.39 is 34.1 Å². The van der Waals surface area contributed by atoms with Crippen molar-refractivity contribution >= 4 is 23.5 Å². The van der Waals surface area contributed by atoms with Crippen LogP contribution in [0.15, 0.2) is 23.2 Å². The molecule has 24 heavy (non-hydrogen) atoms. The minimum Gasteiger partial charge on any atom is -0.465 e. The molecule has 0 aliphatic heterocycles. The zero-order valence-corrected chi connectivity index (χ0v) is 13.7. The van der Waals surface area contributed by atoms with Crippen LogP contribution in [0.25, 0.3) is 0 Å². The molecule has 130 valence electrons. The third kappa shape index (κ3) is 5.75. The summed E-state index contributed by atoms with van der Waals surface area (Å²) in [5.74, 6) is -1.74. The fourth-order valence-electron chi connectivity index (χ4n) is 1.71. The van der Waals surface area contributed by atoms with Crippen molar-refractivity contribution in [1.29, 1.82) is 0 Å². The maximum Gasteiger partial charge on any atom is 0.434 e. The molecule has 0 atom stereocenters. The highest BCUT2D eigenvalue weighted by molar-refractivity contribution is 6.38. The molecule has 1 rings (SSSR count). The van der Waals surface area contributed by atoms with Crippen molar-refractivity contribution in [2.24, 2.45) is 4.99 Å². The molecule has 0 spiro atoms. The summed E-state index contributed by atoms with van der Waals surface area (Å²) < 4.78 is 22.7. The first-order valence-electron chi connectivity index (χ1n) is 6.85. The Morgan fingerprint density at radius 2 is 1.96 bits per heavy atom. The number of ether oxygens (including phenoxy) is 2. The third-order valence-electron chi connectivity index (χ3n) is 2.64. The van der Waals surface area contributed by atoms with Crippen LogP contribution >= 0.6 is 0 Å². The second-order valence-corrected chi connectivity index (χ2v) is 5.74. The van der Waals surface area contributed by atoms with Crippen LogP contribution in [0.2, 0.25) is 0 Å². The molecule has 0 aromatic heterocycles. The predicted molar refractivity (Wildman–Crippen MR) is 82.4 cm³/mol. The minimum absolute atomic E-state index is 0.00843. The van der Waals surface area contributed by atoms with Crippen molar-refractivity contribution in [3.63, 3.8) is 0 Å². The molecule has 0 saturated heterocycles. The molecule has 0 saturated carbocycles. The number of nitro benzene ring substituents is 1. The average Bonchev–Trinajstić information content (AvgIpc) is 2.45. The number of carbonyl (C=O) groups is 2. The number of benzene rings is 1. The topological polar surface area (TPSA) is 108 Å². The van der Waals surface area contributed by atoms with Crippen LogP contribution in [-0.2, 0) is 20.7 Å². The highest BCUT2D eigenvalue weighted by Crippen LogP contribution is 2.21. The third-order valence-corrected chi connectivity index (χ3v) is 2.64. The van der Waals surface area contributed by atoms with Gasteiger partial charge in [-0.15, -0.1) is 0 Å². The standard InChI is InChI=1S/C15H17FN2O6/c1-15(2,3)24-14(20)17-11(13(19)23-4)7-9-5-6-10(16)8-12(9)18(21)22/h5-6,8H,7H2,1-4H3. The predicted octanol–water partition coefficient (Wildman–Crippen LogP) is 2.83. The van der Waals surface area contributed by atoms with E-state index in [1.165, 1.54) is 0 Å². The number of rotatable bonds is 4. The number of esters is 1. The van der Waals surface area contributed by atoms with Crippen molar-refractivity contribution in [1.82, 2.24) is 0 Å². The molecule has 1 aromatic carbocycles. The Labute approximate surface area is 137 Å². The van der Waals surface area contributed by atoms with Gasteiger partial charge in [-0.2, -0.15) is 4.99 Å². The van der Waals surface area contributed by atoms with Crippen LogP contribution in [0.4, 0.5) is 14.9 Å². The van der Waals surface area contributed by atoms with Gasteiger partial charge in [0.15, 0.2) is 0 Å². The van der Waals surface area contributed by atoms with E-state index in [2.05, 4.69) is 9.73 Å². The fraction of sp³-hybridized carbons (Fsp3) is 0.400. The smallest absolute Gasteiger partial charge is 0.434 e. The summed E-state index contributed by atoms with van der Waals surface area (Å²) in [4.78, 5) is 37.2. The second-order valence-electron chi connectivity index (χ2n) is 5.74.